The number of Topliss-reactive ketones (excluding diaryl/α,β-unsaturated/α-hetero) is 1. The third-order valence-electron chi connectivity index (χ3n) is 3.06. The van der Waals surface area contributed by atoms with E-state index in [2.05, 4.69) is 5.32 Å². The lowest BCUT2D eigenvalue weighted by atomic mass is 9.93. The summed E-state index contributed by atoms with van der Waals surface area (Å²) < 4.78 is 5.08. The SMILES string of the molecule is CCC(=O)C(NC(=O)/C=C(\C)CC)C1COC1. The van der Waals surface area contributed by atoms with Crippen molar-refractivity contribution >= 4 is 11.7 Å². The van der Waals surface area contributed by atoms with Crippen LogP contribution in [0.15, 0.2) is 11.6 Å². The lowest BCUT2D eigenvalue weighted by Gasteiger charge is -2.32. The van der Waals surface area contributed by atoms with Crippen molar-refractivity contribution in [2.75, 3.05) is 13.2 Å². The van der Waals surface area contributed by atoms with E-state index in [-0.39, 0.29) is 23.7 Å². The van der Waals surface area contributed by atoms with Gasteiger partial charge < -0.3 is 10.1 Å². The molecule has 1 heterocycles. The Labute approximate surface area is 102 Å². The van der Waals surface area contributed by atoms with E-state index in [1.165, 1.54) is 0 Å². The molecule has 1 saturated heterocycles. The van der Waals surface area contributed by atoms with Gasteiger partial charge in [0.2, 0.25) is 5.91 Å². The number of rotatable bonds is 6. The summed E-state index contributed by atoms with van der Waals surface area (Å²) in [5.41, 5.74) is 1.01. The molecule has 1 amide bonds. The van der Waals surface area contributed by atoms with Gasteiger partial charge >= 0.3 is 0 Å². The number of nitrogens with one attached hydrogen (secondary N) is 1. The average molecular weight is 239 g/mol. The highest BCUT2D eigenvalue weighted by Gasteiger charge is 2.33. The first-order chi connectivity index (χ1) is 8.08. The predicted molar refractivity (Wildman–Crippen MR) is 65.6 cm³/mol. The zero-order valence-electron chi connectivity index (χ0n) is 10.8. The lowest BCUT2D eigenvalue weighted by Crippen LogP contribution is -2.52. The number of ketones is 1. The van der Waals surface area contributed by atoms with Gasteiger partial charge in [-0.25, -0.2) is 0 Å². The van der Waals surface area contributed by atoms with Crippen molar-refractivity contribution in [1.82, 2.24) is 5.32 Å². The van der Waals surface area contributed by atoms with Gasteiger partial charge in [-0.2, -0.15) is 0 Å². The third-order valence-corrected chi connectivity index (χ3v) is 3.06. The van der Waals surface area contributed by atoms with Gasteiger partial charge in [0.1, 0.15) is 0 Å². The summed E-state index contributed by atoms with van der Waals surface area (Å²) in [6.07, 6.45) is 2.85. The number of ether oxygens (including phenoxy) is 1. The van der Waals surface area contributed by atoms with E-state index in [1.807, 2.05) is 20.8 Å². The van der Waals surface area contributed by atoms with Gasteiger partial charge in [0.15, 0.2) is 5.78 Å². The van der Waals surface area contributed by atoms with Gasteiger partial charge in [-0.3, -0.25) is 9.59 Å². The maximum absolute atomic E-state index is 11.7. The first kappa shape index (κ1) is 13.9. The molecule has 1 N–H and O–H groups in total. The molecule has 0 radical (unpaired) electrons. The quantitative estimate of drug-likeness (QED) is 0.714. The van der Waals surface area contributed by atoms with Crippen LogP contribution in [0.1, 0.15) is 33.6 Å². The Hall–Kier alpha value is -1.16. The van der Waals surface area contributed by atoms with Crippen molar-refractivity contribution in [3.05, 3.63) is 11.6 Å². The zero-order chi connectivity index (χ0) is 12.8. The highest BCUT2D eigenvalue weighted by Crippen LogP contribution is 2.16. The minimum atomic E-state index is -0.387. The van der Waals surface area contributed by atoms with E-state index in [0.717, 1.165) is 12.0 Å². The van der Waals surface area contributed by atoms with Crippen molar-refractivity contribution < 1.29 is 14.3 Å². The molecule has 0 aromatic carbocycles. The first-order valence-electron chi connectivity index (χ1n) is 6.16. The topological polar surface area (TPSA) is 55.4 Å². The molecular weight excluding hydrogens is 218 g/mol. The number of allylic oxidation sites excluding steroid dienone is 1. The van der Waals surface area contributed by atoms with Crippen molar-refractivity contribution in [2.45, 2.75) is 39.7 Å². The second kappa shape index (κ2) is 6.55. The van der Waals surface area contributed by atoms with Crippen LogP contribution in [0.5, 0.6) is 0 Å². The van der Waals surface area contributed by atoms with Crippen LogP contribution in [0, 0.1) is 5.92 Å². The lowest BCUT2D eigenvalue weighted by molar-refractivity contribution is -0.133. The van der Waals surface area contributed by atoms with Gasteiger partial charge in [0.05, 0.1) is 19.3 Å². The summed E-state index contributed by atoms with van der Waals surface area (Å²) in [5.74, 6) is 0.0407. The molecule has 1 aliphatic heterocycles. The van der Waals surface area contributed by atoms with Crippen LogP contribution in [0.2, 0.25) is 0 Å². The molecule has 0 aromatic rings. The average Bonchev–Trinajstić information content (AvgIpc) is 2.24. The number of hydrogen-bond acceptors (Lipinski definition) is 3. The Kier molecular flexibility index (Phi) is 5.35. The van der Waals surface area contributed by atoms with Gasteiger partial charge in [-0.1, -0.05) is 19.4 Å². The van der Waals surface area contributed by atoms with Gasteiger partial charge in [0.25, 0.3) is 0 Å². The summed E-state index contributed by atoms with van der Waals surface area (Å²) in [5, 5.41) is 2.79. The molecule has 4 nitrogen and oxygen atoms in total. The Bertz CT molecular complexity index is 319. The van der Waals surface area contributed by atoms with Crippen molar-refractivity contribution in [2.24, 2.45) is 5.92 Å². The number of carbonyl (C=O) groups excluding carboxylic acids is 2. The molecule has 1 atom stereocenters. The van der Waals surface area contributed by atoms with Crippen molar-refractivity contribution in [1.29, 1.82) is 0 Å². The molecular formula is C13H21NO3. The Balaban J connectivity index is 2.59. The second-order valence-electron chi connectivity index (χ2n) is 4.45. The van der Waals surface area contributed by atoms with E-state index in [4.69, 9.17) is 4.74 Å². The molecule has 17 heavy (non-hydrogen) atoms. The monoisotopic (exact) mass is 239 g/mol. The first-order valence-corrected chi connectivity index (χ1v) is 6.16. The Morgan fingerprint density at radius 1 is 1.35 bits per heavy atom. The van der Waals surface area contributed by atoms with Crippen molar-refractivity contribution in [3.63, 3.8) is 0 Å². The normalized spacial score (nSPS) is 18.4. The predicted octanol–water partition coefficient (Wildman–Crippen LogP) is 1.45. The van der Waals surface area contributed by atoms with E-state index in [0.29, 0.717) is 19.6 Å². The summed E-state index contributed by atoms with van der Waals surface area (Å²) >= 11 is 0. The summed E-state index contributed by atoms with van der Waals surface area (Å²) in [6, 6.07) is -0.387. The minimum Gasteiger partial charge on any atom is -0.380 e. The molecule has 96 valence electrons. The maximum atomic E-state index is 11.7. The molecule has 0 saturated carbocycles. The number of amides is 1. The van der Waals surface area contributed by atoms with Gasteiger partial charge in [0, 0.05) is 18.4 Å². The minimum absolute atomic E-state index is 0.0780. The van der Waals surface area contributed by atoms with Crippen LogP contribution in [0.4, 0.5) is 0 Å². The van der Waals surface area contributed by atoms with E-state index in [1.54, 1.807) is 6.08 Å². The molecule has 1 fully saturated rings. The van der Waals surface area contributed by atoms with Crippen LogP contribution in [-0.4, -0.2) is 30.9 Å². The van der Waals surface area contributed by atoms with Crippen LogP contribution >= 0.6 is 0 Å². The molecule has 0 bridgehead atoms. The molecule has 1 aliphatic rings. The largest absolute Gasteiger partial charge is 0.380 e. The van der Waals surface area contributed by atoms with Crippen LogP contribution < -0.4 is 5.32 Å². The fraction of sp³-hybridized carbons (Fsp3) is 0.692. The van der Waals surface area contributed by atoms with Crippen LogP contribution in [0.3, 0.4) is 0 Å². The standard InChI is InChI=1S/C13H21NO3/c1-4-9(3)6-12(16)14-13(11(15)5-2)10-7-17-8-10/h6,10,13H,4-5,7-8H2,1-3H3,(H,14,16)/b9-6+. The van der Waals surface area contributed by atoms with Crippen molar-refractivity contribution in [3.8, 4) is 0 Å². The summed E-state index contributed by atoms with van der Waals surface area (Å²) in [4.78, 5) is 23.5. The summed E-state index contributed by atoms with van der Waals surface area (Å²) in [7, 11) is 0. The zero-order valence-corrected chi connectivity index (χ0v) is 10.8. The maximum Gasteiger partial charge on any atom is 0.244 e. The van der Waals surface area contributed by atoms with E-state index >= 15 is 0 Å². The Morgan fingerprint density at radius 3 is 2.41 bits per heavy atom. The molecule has 1 rings (SSSR count). The highest BCUT2D eigenvalue weighted by molar-refractivity contribution is 5.94. The number of carbonyl (C=O) groups is 2. The summed E-state index contributed by atoms with van der Waals surface area (Å²) in [6.45, 7) is 6.84. The third kappa shape index (κ3) is 3.97. The Morgan fingerprint density at radius 2 is 2.00 bits per heavy atom. The van der Waals surface area contributed by atoms with Gasteiger partial charge in [-0.05, 0) is 13.3 Å². The highest BCUT2D eigenvalue weighted by atomic mass is 16.5. The smallest absolute Gasteiger partial charge is 0.244 e. The van der Waals surface area contributed by atoms with Gasteiger partial charge in [-0.15, -0.1) is 0 Å². The van der Waals surface area contributed by atoms with Crippen LogP contribution in [-0.2, 0) is 14.3 Å². The fourth-order valence-electron chi connectivity index (χ4n) is 1.65. The second-order valence-corrected chi connectivity index (χ2v) is 4.45. The van der Waals surface area contributed by atoms with E-state index < -0.39 is 0 Å². The molecule has 0 spiro atoms. The number of hydrogen-bond donors (Lipinski definition) is 1. The van der Waals surface area contributed by atoms with E-state index in [9.17, 15) is 9.59 Å². The molecule has 0 aliphatic carbocycles. The molecule has 1 unspecified atom stereocenters. The fourth-order valence-corrected chi connectivity index (χ4v) is 1.65. The molecule has 0 aromatic heterocycles. The molecule has 4 heteroatoms. The van der Waals surface area contributed by atoms with Crippen LogP contribution in [0.25, 0.3) is 0 Å².